The molecule has 0 atom stereocenters. The fraction of sp³-hybridized carbons (Fsp3) is 0.382. The molecular weight excluding hydrogens is 1030 g/mol. The van der Waals surface area contributed by atoms with Crippen molar-refractivity contribution >= 4 is 55.2 Å². The topological polar surface area (TPSA) is 156 Å². The molecule has 8 aromatic carbocycles. The molecule has 0 radical (unpaired) electrons. The van der Waals surface area contributed by atoms with Gasteiger partial charge in [0.15, 0.2) is 0 Å². The van der Waals surface area contributed by atoms with E-state index < -0.39 is 12.6 Å². The van der Waals surface area contributed by atoms with Crippen LogP contribution in [-0.4, -0.2) is 51.1 Å². The third kappa shape index (κ3) is 9.76. The van der Waals surface area contributed by atoms with Gasteiger partial charge in [0, 0.05) is 95.4 Å². The van der Waals surface area contributed by atoms with Crippen molar-refractivity contribution in [3.8, 4) is 46.0 Å². The van der Waals surface area contributed by atoms with E-state index in [4.69, 9.17) is 37.9 Å². The summed E-state index contributed by atoms with van der Waals surface area (Å²) >= 11 is 0. The van der Waals surface area contributed by atoms with Gasteiger partial charge < -0.3 is 59.2 Å². The number of carbonyl (C=O) groups excluding carboxylic acids is 2. The van der Waals surface area contributed by atoms with Crippen LogP contribution in [0.5, 0.6) is 46.0 Å². The molecule has 13 rings (SSSR count). The van der Waals surface area contributed by atoms with E-state index in [9.17, 15) is 9.59 Å². The molecule has 0 saturated heterocycles. The van der Waals surface area contributed by atoms with Gasteiger partial charge in [-0.2, -0.15) is 0 Å². The molecule has 82 heavy (non-hydrogen) atoms. The number of amides is 4. The standard InChI is InChI=1S/C68H72N4O10/c1-5-9-29-75-53-21-17-43-39-13-25-57-63(43)47-33-61(79-57)80-58-26-14-40-44(64(47)58)18-22-55(77-31-11-7-3)51(40)37-71-68(74)72-38-52-42-16-28-60-66(46(42)20-24-56(52)78-32-12-8-4)48-34-62(82-60)81-59-27-15-41-45(65(48)59)19-23-54(76-30-10-6-2)50(41)36-70-67(73)69-35-49(39)53/h13-28,47-48,61-62H,5-12,29-38H2,1-4H3,(H2,69,70,73)(H2,71,72,74). The highest BCUT2D eigenvalue weighted by Gasteiger charge is 2.41. The van der Waals surface area contributed by atoms with Gasteiger partial charge in [0.1, 0.15) is 46.0 Å². The first kappa shape index (κ1) is 53.1. The van der Waals surface area contributed by atoms with Crippen molar-refractivity contribution in [2.45, 2.75) is 142 Å². The maximum Gasteiger partial charge on any atom is 0.315 e. The van der Waals surface area contributed by atoms with E-state index >= 15 is 0 Å². The number of hydrogen-bond acceptors (Lipinski definition) is 10. The molecule has 8 aromatic rings. The van der Waals surface area contributed by atoms with Crippen LogP contribution >= 0.6 is 0 Å². The van der Waals surface area contributed by atoms with Crippen molar-refractivity contribution in [3.05, 3.63) is 142 Å². The highest BCUT2D eigenvalue weighted by molar-refractivity contribution is 5.99. The van der Waals surface area contributed by atoms with Crippen molar-refractivity contribution in [2.24, 2.45) is 0 Å². The fourth-order valence-electron chi connectivity index (χ4n) is 13.0. The van der Waals surface area contributed by atoms with Crippen LogP contribution in [0.1, 0.15) is 148 Å². The Hall–Kier alpha value is -8.26. The lowest BCUT2D eigenvalue weighted by molar-refractivity contribution is -0.0259. The monoisotopic (exact) mass is 1100 g/mol. The fourth-order valence-corrected chi connectivity index (χ4v) is 13.0. The summed E-state index contributed by atoms with van der Waals surface area (Å²) in [7, 11) is 0. The number of hydrogen-bond donors (Lipinski definition) is 4. The van der Waals surface area contributed by atoms with Crippen molar-refractivity contribution in [1.82, 2.24) is 21.3 Å². The second kappa shape index (κ2) is 22.9. The molecule has 5 aliphatic rings. The van der Waals surface area contributed by atoms with Crippen LogP contribution in [0.2, 0.25) is 0 Å². The molecule has 424 valence electrons. The zero-order chi connectivity index (χ0) is 55.8. The van der Waals surface area contributed by atoms with Gasteiger partial charge in [0.05, 0.1) is 26.4 Å². The van der Waals surface area contributed by atoms with E-state index in [0.29, 0.717) is 39.3 Å². The molecule has 4 N–H and O–H groups in total. The maximum atomic E-state index is 14.4. The first-order chi connectivity index (χ1) is 40.3. The summed E-state index contributed by atoms with van der Waals surface area (Å²) in [6, 6.07) is 32.5. The first-order valence-corrected chi connectivity index (χ1v) is 29.9. The maximum absolute atomic E-state index is 14.4. The van der Waals surface area contributed by atoms with Crippen LogP contribution in [-0.2, 0) is 26.2 Å². The number of benzene rings is 8. The quantitative estimate of drug-likeness (QED) is 0.0687. The average Bonchev–Trinajstić information content (AvgIpc) is 1.25. The summed E-state index contributed by atoms with van der Waals surface area (Å²) in [6.45, 7) is 11.6. The molecule has 0 spiro atoms. The number of urea groups is 2. The number of nitrogens with one attached hydrogen (secondary N) is 4. The Labute approximate surface area is 478 Å². The van der Waals surface area contributed by atoms with Crippen LogP contribution < -0.4 is 59.2 Å². The lowest BCUT2D eigenvalue weighted by Gasteiger charge is -2.39. The van der Waals surface area contributed by atoms with E-state index in [1.165, 1.54) is 0 Å². The van der Waals surface area contributed by atoms with Crippen LogP contribution in [0.3, 0.4) is 0 Å². The van der Waals surface area contributed by atoms with Crippen LogP contribution in [0.25, 0.3) is 43.1 Å². The predicted octanol–water partition coefficient (Wildman–Crippen LogP) is 14.6. The summed E-state index contributed by atoms with van der Waals surface area (Å²) < 4.78 is 52.8. The molecule has 5 heterocycles. The molecule has 0 aliphatic carbocycles. The largest absolute Gasteiger partial charge is 0.493 e. The zero-order valence-corrected chi connectivity index (χ0v) is 47.4. The summed E-state index contributed by atoms with van der Waals surface area (Å²) in [5.41, 5.74) is 7.72. The second-order valence-corrected chi connectivity index (χ2v) is 22.2. The van der Waals surface area contributed by atoms with Gasteiger partial charge in [-0.05, 0) is 117 Å². The molecule has 5 aliphatic heterocycles. The molecule has 0 saturated carbocycles. The van der Waals surface area contributed by atoms with Gasteiger partial charge in [0.2, 0.25) is 12.6 Å². The Morgan fingerprint density at radius 1 is 0.354 bits per heavy atom. The lowest BCUT2D eigenvalue weighted by Crippen LogP contribution is -2.36. The van der Waals surface area contributed by atoms with Crippen molar-refractivity contribution in [3.63, 3.8) is 0 Å². The number of fused-ring (bicyclic) bond motifs is 2. The number of unbranched alkanes of at least 4 members (excludes halogenated alkanes) is 4. The molecule has 20 bridgehead atoms. The van der Waals surface area contributed by atoms with E-state index in [-0.39, 0.29) is 50.1 Å². The normalized spacial score (nSPS) is 18.6. The van der Waals surface area contributed by atoms with E-state index in [0.717, 1.165) is 185 Å². The molecule has 14 nitrogen and oxygen atoms in total. The molecule has 14 heteroatoms. The summed E-state index contributed by atoms with van der Waals surface area (Å²) in [6.07, 6.45) is 7.71. The molecule has 0 fully saturated rings. The van der Waals surface area contributed by atoms with Crippen molar-refractivity contribution in [1.29, 1.82) is 0 Å². The smallest absolute Gasteiger partial charge is 0.315 e. The number of carbonyl (C=O) groups is 2. The first-order valence-electron chi connectivity index (χ1n) is 29.9. The molecular formula is C68H72N4O10. The SMILES string of the molecule is CCCCOc1ccc2c3c4ccc2c1CNC(=O)NCc1c(OCCCC)ccc2c5c(ccc12)OC1CC5c2c(ccc5c(c(OCCCC)ccc25)CNC(=O)NCc2c(OCCCC)ccc5c6c(ccc25)OC(CC36)O4)O1. The molecule has 0 aromatic heterocycles. The number of ether oxygens (including phenoxy) is 8. The van der Waals surface area contributed by atoms with Gasteiger partial charge in [-0.3, -0.25) is 0 Å². The predicted molar refractivity (Wildman–Crippen MR) is 319 cm³/mol. The summed E-state index contributed by atoms with van der Waals surface area (Å²) in [4.78, 5) is 28.8. The lowest BCUT2D eigenvalue weighted by atomic mass is 9.78. The minimum atomic E-state index is -0.484. The van der Waals surface area contributed by atoms with Crippen molar-refractivity contribution in [2.75, 3.05) is 26.4 Å². The van der Waals surface area contributed by atoms with E-state index in [1.807, 2.05) is 48.5 Å². The Balaban J connectivity index is 0.964. The van der Waals surface area contributed by atoms with E-state index in [1.54, 1.807) is 0 Å². The van der Waals surface area contributed by atoms with Crippen LogP contribution in [0.4, 0.5) is 9.59 Å². The van der Waals surface area contributed by atoms with Gasteiger partial charge in [0.25, 0.3) is 0 Å². The molecule has 0 unspecified atom stereocenters. The molecule has 4 amide bonds. The van der Waals surface area contributed by atoms with Gasteiger partial charge in [-0.25, -0.2) is 9.59 Å². The van der Waals surface area contributed by atoms with Gasteiger partial charge >= 0.3 is 12.1 Å². The third-order valence-electron chi connectivity index (χ3n) is 17.1. The zero-order valence-electron chi connectivity index (χ0n) is 47.4. The van der Waals surface area contributed by atoms with Crippen LogP contribution in [0.15, 0.2) is 97.1 Å². The summed E-state index contributed by atoms with van der Waals surface area (Å²) in [5, 5.41) is 20.9. The second-order valence-electron chi connectivity index (χ2n) is 22.2. The summed E-state index contributed by atoms with van der Waals surface area (Å²) in [5.74, 6) is 5.68. The Bertz CT molecular complexity index is 3310. The Morgan fingerprint density at radius 3 is 0.841 bits per heavy atom. The van der Waals surface area contributed by atoms with Gasteiger partial charge in [-0.1, -0.05) is 102 Å². The Kier molecular flexibility index (Phi) is 14.8. The minimum absolute atomic E-state index is 0.112. The van der Waals surface area contributed by atoms with E-state index in [2.05, 4.69) is 97.5 Å². The van der Waals surface area contributed by atoms with Gasteiger partial charge in [-0.15, -0.1) is 0 Å². The Morgan fingerprint density at radius 2 is 0.598 bits per heavy atom. The highest BCUT2D eigenvalue weighted by atomic mass is 16.7. The number of rotatable bonds is 16. The highest BCUT2D eigenvalue weighted by Crippen LogP contribution is 2.55. The average molecular weight is 1110 g/mol. The third-order valence-corrected chi connectivity index (χ3v) is 17.1. The van der Waals surface area contributed by atoms with Crippen LogP contribution in [0, 0.1) is 0 Å². The van der Waals surface area contributed by atoms with Crippen molar-refractivity contribution < 1.29 is 47.5 Å². The minimum Gasteiger partial charge on any atom is -0.493 e.